The first-order valence-electron chi connectivity index (χ1n) is 9.48. The Kier molecular flexibility index (Phi) is 5.46. The average molecular weight is 409 g/mol. The maximum Gasteiger partial charge on any atom is 0.416 e. The smallest absolute Gasteiger partial charge is 0.416 e. The van der Waals surface area contributed by atoms with Crippen LogP contribution in [0.1, 0.15) is 22.4 Å². The largest absolute Gasteiger partial charge is 0.507 e. The number of phenolic OH excluding ortho intramolecular Hbond substituents is 1. The van der Waals surface area contributed by atoms with Gasteiger partial charge >= 0.3 is 6.18 Å². The van der Waals surface area contributed by atoms with Crippen molar-refractivity contribution in [3.8, 4) is 17.0 Å². The van der Waals surface area contributed by atoms with Gasteiger partial charge in [-0.05, 0) is 37.2 Å². The lowest BCUT2D eigenvalue weighted by Crippen LogP contribution is -2.41. The molecule has 2 aliphatic heterocycles. The Hall–Kier alpha value is -2.23. The summed E-state index contributed by atoms with van der Waals surface area (Å²) in [6.45, 7) is 3.17. The van der Waals surface area contributed by atoms with Crippen molar-refractivity contribution in [1.29, 1.82) is 0 Å². The molecule has 1 atom stereocenters. The van der Waals surface area contributed by atoms with Crippen molar-refractivity contribution >= 4 is 0 Å². The van der Waals surface area contributed by atoms with Crippen molar-refractivity contribution in [2.24, 2.45) is 0 Å². The van der Waals surface area contributed by atoms with Crippen molar-refractivity contribution in [3.63, 3.8) is 0 Å². The normalized spacial score (nSPS) is 20.5. The summed E-state index contributed by atoms with van der Waals surface area (Å²) in [5.41, 5.74) is 2.26. The summed E-state index contributed by atoms with van der Waals surface area (Å²) in [4.78, 5) is 2.19. The van der Waals surface area contributed by atoms with E-state index in [1.807, 2.05) is 7.05 Å². The predicted octanol–water partition coefficient (Wildman–Crippen LogP) is 2.81. The molecule has 0 spiro atoms. The molecule has 1 saturated heterocycles. The van der Waals surface area contributed by atoms with Crippen LogP contribution < -0.4 is 0 Å². The highest BCUT2D eigenvalue weighted by Gasteiger charge is 2.32. The minimum Gasteiger partial charge on any atom is -0.507 e. The Balaban J connectivity index is 1.69. The Bertz CT molecular complexity index is 905. The van der Waals surface area contributed by atoms with Crippen LogP contribution >= 0.6 is 0 Å². The fraction of sp³-hybridized carbons (Fsp3) is 0.500. The second kappa shape index (κ2) is 7.89. The molecule has 0 saturated carbocycles. The van der Waals surface area contributed by atoms with Crippen LogP contribution in [0.4, 0.5) is 13.2 Å². The van der Waals surface area contributed by atoms with Gasteiger partial charge in [-0.1, -0.05) is 0 Å². The highest BCUT2D eigenvalue weighted by atomic mass is 19.4. The summed E-state index contributed by atoms with van der Waals surface area (Å²) in [5, 5.41) is 18.9. The van der Waals surface area contributed by atoms with Gasteiger partial charge in [0.25, 0.3) is 0 Å². The van der Waals surface area contributed by atoms with Gasteiger partial charge in [-0.3, -0.25) is 0 Å². The lowest BCUT2D eigenvalue weighted by molar-refractivity contribution is -0.137. The molecule has 0 amide bonds. The molecule has 29 heavy (non-hydrogen) atoms. The molecule has 3 heterocycles. The molecule has 9 heteroatoms. The molecular formula is C20H22F3N3O3. The highest BCUT2D eigenvalue weighted by molar-refractivity contribution is 5.71. The van der Waals surface area contributed by atoms with E-state index < -0.39 is 17.5 Å². The number of aromatic hydroxyl groups is 1. The summed E-state index contributed by atoms with van der Waals surface area (Å²) in [6.07, 6.45) is -3.38. The van der Waals surface area contributed by atoms with Crippen LogP contribution in [-0.4, -0.2) is 59.7 Å². The number of hydrogen-bond acceptors (Lipinski definition) is 6. The van der Waals surface area contributed by atoms with Gasteiger partial charge in [0.15, 0.2) is 0 Å². The highest BCUT2D eigenvalue weighted by Crippen LogP contribution is 2.38. The van der Waals surface area contributed by atoms with E-state index in [4.69, 9.17) is 9.47 Å². The van der Waals surface area contributed by atoms with Crippen molar-refractivity contribution in [2.75, 3.05) is 33.4 Å². The third-order valence-electron chi connectivity index (χ3n) is 5.36. The number of benzene rings is 1. The number of aromatic nitrogens is 2. The van der Waals surface area contributed by atoms with Crippen LogP contribution in [0, 0.1) is 0 Å². The van der Waals surface area contributed by atoms with E-state index in [-0.39, 0.29) is 11.7 Å². The van der Waals surface area contributed by atoms with Crippen molar-refractivity contribution < 1.29 is 27.8 Å². The molecule has 2 aromatic rings. The second-order valence-corrected chi connectivity index (χ2v) is 7.44. The monoisotopic (exact) mass is 409 g/mol. The number of alkyl halides is 3. The number of nitrogens with zero attached hydrogens (tertiary/aromatic N) is 3. The topological polar surface area (TPSA) is 67.7 Å². The van der Waals surface area contributed by atoms with Gasteiger partial charge in [0.05, 0.1) is 37.2 Å². The minimum absolute atomic E-state index is 0.000557. The lowest BCUT2D eigenvalue weighted by Gasteiger charge is -2.30. The first-order chi connectivity index (χ1) is 13.8. The number of phenols is 1. The molecule has 2 aliphatic rings. The first kappa shape index (κ1) is 20.1. The number of rotatable bonds is 3. The van der Waals surface area contributed by atoms with Gasteiger partial charge < -0.3 is 19.5 Å². The van der Waals surface area contributed by atoms with E-state index in [1.165, 1.54) is 6.07 Å². The van der Waals surface area contributed by atoms with Crippen molar-refractivity contribution in [1.82, 2.24) is 15.1 Å². The molecular weight excluding hydrogens is 387 g/mol. The molecule has 4 rings (SSSR count). The van der Waals surface area contributed by atoms with Gasteiger partial charge in [0.2, 0.25) is 0 Å². The van der Waals surface area contributed by atoms with Gasteiger partial charge in [-0.25, -0.2) is 0 Å². The van der Waals surface area contributed by atoms with Gasteiger partial charge in [-0.2, -0.15) is 18.3 Å². The SMILES string of the molecule is CN1CCO[C@@H](Cc2nnc(-c3ccc(C(F)(F)F)cc3O)c3c2COCC3)C1. The number of halogens is 3. The van der Waals surface area contributed by atoms with E-state index in [0.717, 1.165) is 42.0 Å². The fourth-order valence-corrected chi connectivity index (χ4v) is 3.83. The third-order valence-corrected chi connectivity index (χ3v) is 5.36. The first-order valence-corrected chi connectivity index (χ1v) is 9.48. The number of likely N-dealkylation sites (N-methyl/N-ethyl adjacent to an activating group) is 1. The summed E-state index contributed by atoms with van der Waals surface area (Å²) in [6, 6.07) is 2.92. The summed E-state index contributed by atoms with van der Waals surface area (Å²) >= 11 is 0. The van der Waals surface area contributed by atoms with Gasteiger partial charge in [0, 0.05) is 30.6 Å². The molecule has 1 aromatic carbocycles. The minimum atomic E-state index is -4.52. The Labute approximate surface area is 166 Å². The van der Waals surface area contributed by atoms with E-state index >= 15 is 0 Å². The molecule has 0 aliphatic carbocycles. The van der Waals surface area contributed by atoms with Crippen LogP contribution in [-0.2, 0) is 35.1 Å². The molecule has 6 nitrogen and oxygen atoms in total. The van der Waals surface area contributed by atoms with Gasteiger partial charge in [-0.15, -0.1) is 5.10 Å². The van der Waals surface area contributed by atoms with E-state index in [2.05, 4.69) is 15.1 Å². The molecule has 0 radical (unpaired) electrons. The van der Waals surface area contributed by atoms with Gasteiger partial charge in [0.1, 0.15) is 11.4 Å². The third kappa shape index (κ3) is 4.22. The summed E-state index contributed by atoms with van der Waals surface area (Å²) in [7, 11) is 2.04. The van der Waals surface area contributed by atoms with Crippen molar-refractivity contribution in [2.45, 2.75) is 31.7 Å². The van der Waals surface area contributed by atoms with Crippen LogP contribution in [0.5, 0.6) is 5.75 Å². The number of hydrogen-bond donors (Lipinski definition) is 1. The number of fused-ring (bicyclic) bond motifs is 1. The zero-order valence-corrected chi connectivity index (χ0v) is 16.0. The molecule has 1 aromatic heterocycles. The van der Waals surface area contributed by atoms with E-state index in [0.29, 0.717) is 38.4 Å². The second-order valence-electron chi connectivity index (χ2n) is 7.44. The standard InChI is InChI=1S/C20H22F3N3O3/c1-26-5-7-29-13(10-26)9-17-16-11-28-6-4-14(16)19(25-24-17)15-3-2-12(8-18(15)27)20(21,22)23/h2-3,8,13,27H,4-7,9-11H2,1H3/t13-/m0/s1. The summed E-state index contributed by atoms with van der Waals surface area (Å²) < 4.78 is 50.1. The Morgan fingerprint density at radius 2 is 2.03 bits per heavy atom. The zero-order valence-electron chi connectivity index (χ0n) is 16.0. The number of morpholine rings is 1. The quantitative estimate of drug-likeness (QED) is 0.841. The zero-order chi connectivity index (χ0) is 20.6. The maximum absolute atomic E-state index is 12.9. The molecule has 0 unspecified atom stereocenters. The van der Waals surface area contributed by atoms with E-state index in [1.54, 1.807) is 0 Å². The van der Waals surface area contributed by atoms with Crippen LogP contribution in [0.15, 0.2) is 18.2 Å². The maximum atomic E-state index is 12.9. The molecule has 1 fully saturated rings. The molecule has 0 bridgehead atoms. The number of ether oxygens (including phenoxy) is 2. The van der Waals surface area contributed by atoms with Crippen LogP contribution in [0.3, 0.4) is 0 Å². The average Bonchev–Trinajstić information content (AvgIpc) is 2.68. The van der Waals surface area contributed by atoms with Crippen molar-refractivity contribution in [3.05, 3.63) is 40.6 Å². The predicted molar refractivity (Wildman–Crippen MR) is 98.4 cm³/mol. The Morgan fingerprint density at radius 1 is 1.21 bits per heavy atom. The lowest BCUT2D eigenvalue weighted by atomic mass is 9.94. The molecule has 1 N–H and O–H groups in total. The van der Waals surface area contributed by atoms with Crippen LogP contribution in [0.25, 0.3) is 11.3 Å². The molecule has 156 valence electrons. The van der Waals surface area contributed by atoms with Crippen LogP contribution in [0.2, 0.25) is 0 Å². The van der Waals surface area contributed by atoms with E-state index in [9.17, 15) is 18.3 Å². The Morgan fingerprint density at radius 3 is 2.76 bits per heavy atom. The summed E-state index contributed by atoms with van der Waals surface area (Å²) in [5.74, 6) is -0.465. The fourth-order valence-electron chi connectivity index (χ4n) is 3.83.